The van der Waals surface area contributed by atoms with Gasteiger partial charge in [-0.2, -0.15) is 0 Å². The van der Waals surface area contributed by atoms with Gasteiger partial charge in [-0.15, -0.1) is 0 Å². The summed E-state index contributed by atoms with van der Waals surface area (Å²) in [6.07, 6.45) is 0. The van der Waals surface area contributed by atoms with E-state index in [9.17, 15) is 4.57 Å². The van der Waals surface area contributed by atoms with Crippen molar-refractivity contribution in [1.29, 1.82) is 0 Å². The zero-order chi connectivity index (χ0) is 18.4. The number of benzene rings is 3. The minimum Gasteiger partial charge on any atom is -0.296 e. The van der Waals surface area contributed by atoms with Crippen LogP contribution in [-0.2, 0) is 4.57 Å². The van der Waals surface area contributed by atoms with Crippen LogP contribution in [0.15, 0.2) is 84.9 Å². The van der Waals surface area contributed by atoms with Crippen LogP contribution in [0.5, 0.6) is 0 Å². The minimum atomic E-state index is -2.93. The first-order valence-electron chi connectivity index (χ1n) is 9.04. The second-order valence-electron chi connectivity index (χ2n) is 7.80. The van der Waals surface area contributed by atoms with Gasteiger partial charge in [-0.25, -0.2) is 4.67 Å². The Bertz CT molecular complexity index is 960. The molecule has 0 saturated heterocycles. The fourth-order valence-corrected chi connectivity index (χ4v) is 7.66. The minimum absolute atomic E-state index is 0.0153. The number of rotatable bonds is 2. The molecule has 0 amide bonds. The van der Waals surface area contributed by atoms with Crippen LogP contribution in [0.25, 0.3) is 0 Å². The van der Waals surface area contributed by atoms with E-state index in [2.05, 4.69) is 61.8 Å². The van der Waals surface area contributed by atoms with Crippen LogP contribution >= 0.6 is 7.29 Å². The molecule has 0 unspecified atom stereocenters. The predicted octanol–water partition coefficient (Wildman–Crippen LogP) is 5.12. The van der Waals surface area contributed by atoms with E-state index < -0.39 is 7.29 Å². The van der Waals surface area contributed by atoms with Crippen LogP contribution in [0, 0.1) is 0 Å². The first-order chi connectivity index (χ1) is 12.4. The second-order valence-corrected chi connectivity index (χ2v) is 10.4. The highest BCUT2D eigenvalue weighted by atomic mass is 31.2. The summed E-state index contributed by atoms with van der Waals surface area (Å²) in [6, 6.07) is 28.6. The van der Waals surface area contributed by atoms with Crippen LogP contribution in [0.1, 0.15) is 37.9 Å². The van der Waals surface area contributed by atoms with Gasteiger partial charge in [0.2, 0.25) is 7.29 Å². The molecule has 0 spiro atoms. The smallest absolute Gasteiger partial charge is 0.208 e. The monoisotopic (exact) mass is 361 g/mol. The predicted molar refractivity (Wildman–Crippen MR) is 110 cm³/mol. The topological polar surface area (TPSA) is 20.3 Å². The van der Waals surface area contributed by atoms with Crippen LogP contribution in [0.2, 0.25) is 0 Å². The maximum absolute atomic E-state index is 14.7. The van der Waals surface area contributed by atoms with E-state index in [-0.39, 0.29) is 11.6 Å². The van der Waals surface area contributed by atoms with Gasteiger partial charge in [-0.3, -0.25) is 4.57 Å². The molecule has 0 N–H and O–H groups in total. The molecule has 26 heavy (non-hydrogen) atoms. The molecule has 1 aliphatic rings. The van der Waals surface area contributed by atoms with Gasteiger partial charge in [0, 0.05) is 16.1 Å². The Kier molecular flexibility index (Phi) is 4.14. The lowest BCUT2D eigenvalue weighted by molar-refractivity contribution is 0.222. The third-order valence-electron chi connectivity index (χ3n) is 5.01. The molecule has 0 fully saturated rings. The molecule has 2 nitrogen and oxygen atoms in total. The molecular weight excluding hydrogens is 337 g/mol. The highest BCUT2D eigenvalue weighted by molar-refractivity contribution is 7.77. The average Bonchev–Trinajstić information content (AvgIpc) is 2.94. The fraction of sp³-hybridized carbons (Fsp3) is 0.217. The molecule has 0 bridgehead atoms. The van der Waals surface area contributed by atoms with E-state index in [0.717, 1.165) is 16.2 Å². The Balaban J connectivity index is 2.05. The Morgan fingerprint density at radius 3 is 1.92 bits per heavy atom. The lowest BCUT2D eigenvalue weighted by Crippen LogP contribution is -2.41. The van der Waals surface area contributed by atoms with Crippen LogP contribution in [0.4, 0.5) is 0 Å². The Hall–Kier alpha value is -2.15. The van der Waals surface area contributed by atoms with Crippen molar-refractivity contribution in [3.8, 4) is 0 Å². The molecule has 1 aliphatic heterocycles. The molecule has 3 heteroatoms. The third kappa shape index (κ3) is 2.57. The van der Waals surface area contributed by atoms with Crippen molar-refractivity contribution < 1.29 is 4.57 Å². The maximum Gasteiger partial charge on any atom is 0.208 e. The van der Waals surface area contributed by atoms with Crippen LogP contribution in [-0.4, -0.2) is 10.2 Å². The van der Waals surface area contributed by atoms with E-state index in [1.165, 1.54) is 5.56 Å². The third-order valence-corrected chi connectivity index (χ3v) is 8.51. The van der Waals surface area contributed by atoms with Crippen molar-refractivity contribution in [2.24, 2.45) is 0 Å². The lowest BCUT2D eigenvalue weighted by Gasteiger charge is -2.41. The highest BCUT2D eigenvalue weighted by Gasteiger charge is 2.52. The van der Waals surface area contributed by atoms with Gasteiger partial charge in [0.05, 0.1) is 6.04 Å². The summed E-state index contributed by atoms with van der Waals surface area (Å²) in [4.78, 5) is 0. The molecule has 0 saturated carbocycles. The normalized spacial score (nSPS) is 23.0. The van der Waals surface area contributed by atoms with Gasteiger partial charge in [0.25, 0.3) is 0 Å². The lowest BCUT2D eigenvalue weighted by atomic mass is 9.95. The molecule has 3 aromatic carbocycles. The largest absolute Gasteiger partial charge is 0.296 e. The SMILES string of the molecule is CC(C)(C)N1[C@H](c2ccccc2)c2ccccc2[P@]1(=O)c1ccccc1. The maximum atomic E-state index is 14.7. The molecule has 1 heterocycles. The summed E-state index contributed by atoms with van der Waals surface area (Å²) in [5.41, 5.74) is 2.08. The van der Waals surface area contributed by atoms with E-state index in [1.54, 1.807) is 0 Å². The van der Waals surface area contributed by atoms with Gasteiger partial charge < -0.3 is 0 Å². The zero-order valence-corrected chi connectivity index (χ0v) is 16.4. The van der Waals surface area contributed by atoms with E-state index in [1.807, 2.05) is 48.5 Å². The molecule has 2 atom stereocenters. The molecule has 132 valence electrons. The van der Waals surface area contributed by atoms with Gasteiger partial charge in [0.1, 0.15) is 0 Å². The first-order valence-corrected chi connectivity index (χ1v) is 10.7. The van der Waals surface area contributed by atoms with Gasteiger partial charge in [-0.05, 0) is 50.1 Å². The fourth-order valence-electron chi connectivity index (χ4n) is 4.06. The van der Waals surface area contributed by atoms with Crippen molar-refractivity contribution in [3.63, 3.8) is 0 Å². The second kappa shape index (κ2) is 6.23. The Morgan fingerprint density at radius 2 is 1.31 bits per heavy atom. The number of hydrogen-bond donors (Lipinski definition) is 0. The van der Waals surface area contributed by atoms with Crippen molar-refractivity contribution in [3.05, 3.63) is 96.1 Å². The van der Waals surface area contributed by atoms with Crippen LogP contribution in [0.3, 0.4) is 0 Å². The quantitative estimate of drug-likeness (QED) is 0.591. The van der Waals surface area contributed by atoms with Gasteiger partial charge >= 0.3 is 0 Å². The summed E-state index contributed by atoms with van der Waals surface area (Å²) >= 11 is 0. The molecule has 4 rings (SSSR count). The summed E-state index contributed by atoms with van der Waals surface area (Å²) in [7, 11) is -2.93. The molecule has 0 aliphatic carbocycles. The molecule has 3 aromatic rings. The average molecular weight is 361 g/mol. The van der Waals surface area contributed by atoms with E-state index in [0.29, 0.717) is 0 Å². The first kappa shape index (κ1) is 17.3. The van der Waals surface area contributed by atoms with Crippen molar-refractivity contribution in [2.45, 2.75) is 32.4 Å². The summed E-state index contributed by atoms with van der Waals surface area (Å²) in [5.74, 6) is 0. The molecular formula is C23H24NOP. The van der Waals surface area contributed by atoms with Gasteiger partial charge in [0.15, 0.2) is 0 Å². The van der Waals surface area contributed by atoms with Crippen molar-refractivity contribution >= 4 is 17.9 Å². The number of nitrogens with zero attached hydrogens (tertiary/aromatic N) is 1. The summed E-state index contributed by atoms with van der Waals surface area (Å²) in [6.45, 7) is 6.47. The summed E-state index contributed by atoms with van der Waals surface area (Å²) in [5, 5.41) is 1.87. The van der Waals surface area contributed by atoms with Gasteiger partial charge in [-0.1, -0.05) is 66.7 Å². The Morgan fingerprint density at radius 1 is 0.769 bits per heavy atom. The number of hydrogen-bond acceptors (Lipinski definition) is 1. The van der Waals surface area contributed by atoms with E-state index >= 15 is 0 Å². The van der Waals surface area contributed by atoms with Crippen LogP contribution < -0.4 is 10.6 Å². The van der Waals surface area contributed by atoms with Crippen molar-refractivity contribution in [1.82, 2.24) is 4.67 Å². The molecule has 0 radical (unpaired) electrons. The standard InChI is InChI=1S/C23H24NOP/c1-23(2,3)24-22(18-12-6-4-7-13-18)20-16-10-11-17-21(20)26(24,25)19-14-8-5-9-15-19/h4-17,22H,1-3H3/t22-,26-/m1/s1. The Labute approximate surface area is 155 Å². The van der Waals surface area contributed by atoms with E-state index in [4.69, 9.17) is 0 Å². The van der Waals surface area contributed by atoms with Crippen molar-refractivity contribution in [2.75, 3.05) is 0 Å². The number of fused-ring (bicyclic) bond motifs is 1. The summed E-state index contributed by atoms with van der Waals surface area (Å²) < 4.78 is 17.0. The zero-order valence-electron chi connectivity index (χ0n) is 15.5. The molecule has 0 aromatic heterocycles. The highest BCUT2D eigenvalue weighted by Crippen LogP contribution is 2.62.